The summed E-state index contributed by atoms with van der Waals surface area (Å²) in [6.07, 6.45) is 48.9. The molecule has 1 fully saturated rings. The lowest BCUT2D eigenvalue weighted by atomic mass is 9.99. The van der Waals surface area contributed by atoms with Gasteiger partial charge < -0.3 is 45.1 Å². The lowest BCUT2D eigenvalue weighted by molar-refractivity contribution is -0.305. The van der Waals surface area contributed by atoms with E-state index in [9.17, 15) is 35.1 Å². The van der Waals surface area contributed by atoms with Crippen LogP contribution in [0.15, 0.2) is 36.5 Å². The van der Waals surface area contributed by atoms with E-state index in [2.05, 4.69) is 50.4 Å². The normalized spacial score (nSPS) is 19.6. The van der Waals surface area contributed by atoms with Crippen molar-refractivity contribution in [3.8, 4) is 0 Å². The zero-order valence-electron chi connectivity index (χ0n) is 47.3. The third-order valence-corrected chi connectivity index (χ3v) is 14.5. The highest BCUT2D eigenvalue weighted by Gasteiger charge is 2.47. The van der Waals surface area contributed by atoms with Crippen molar-refractivity contribution in [3.05, 3.63) is 36.5 Å². The molecule has 428 valence electrons. The maximum atomic E-state index is 13.4. The van der Waals surface area contributed by atoms with Crippen LogP contribution in [-0.4, -0.2) is 99.6 Å². The van der Waals surface area contributed by atoms with Gasteiger partial charge in [0.15, 0.2) is 12.4 Å². The number of unbranched alkanes of at least 4 members (excludes halogenated alkanes) is 34. The summed E-state index contributed by atoms with van der Waals surface area (Å²) >= 11 is 0. The zero-order valence-corrected chi connectivity index (χ0v) is 47.3. The van der Waals surface area contributed by atoms with E-state index in [1.54, 1.807) is 6.08 Å². The molecule has 1 rings (SSSR count). The van der Waals surface area contributed by atoms with Crippen molar-refractivity contribution in [2.45, 2.75) is 333 Å². The minimum absolute atomic E-state index is 0.120. The fraction of sp³-hybridized carbons (Fsp3) is 0.871. The molecular formula is C62H115NO10. The predicted molar refractivity (Wildman–Crippen MR) is 301 cm³/mol. The van der Waals surface area contributed by atoms with Crippen LogP contribution in [0.1, 0.15) is 284 Å². The maximum Gasteiger partial charge on any atom is 0.306 e. The summed E-state index contributed by atoms with van der Waals surface area (Å²) in [7, 11) is 0. The number of hydrogen-bond acceptors (Lipinski definition) is 10. The van der Waals surface area contributed by atoms with E-state index >= 15 is 0 Å². The highest BCUT2D eigenvalue weighted by molar-refractivity contribution is 5.80. The van der Waals surface area contributed by atoms with Crippen molar-refractivity contribution in [1.29, 1.82) is 0 Å². The third-order valence-electron chi connectivity index (χ3n) is 14.5. The molecule has 1 heterocycles. The number of aliphatic hydroxyl groups excluding tert-OH is 5. The van der Waals surface area contributed by atoms with Crippen LogP contribution in [0.2, 0.25) is 0 Å². The molecule has 0 aromatic heterocycles. The highest BCUT2D eigenvalue weighted by Crippen LogP contribution is 2.26. The molecule has 1 aliphatic rings. The van der Waals surface area contributed by atoms with E-state index in [-0.39, 0.29) is 19.4 Å². The molecule has 11 heteroatoms. The summed E-state index contributed by atoms with van der Waals surface area (Å²) in [5.41, 5.74) is 0. The smallest absolute Gasteiger partial charge is 0.306 e. The quantitative estimate of drug-likeness (QED) is 0.0195. The average Bonchev–Trinajstić information content (AvgIpc) is 3.39. The van der Waals surface area contributed by atoms with Gasteiger partial charge in [-0.2, -0.15) is 0 Å². The number of aliphatic hydroxyl groups is 5. The van der Waals surface area contributed by atoms with Crippen LogP contribution in [0.5, 0.6) is 0 Å². The molecule has 6 N–H and O–H groups in total. The van der Waals surface area contributed by atoms with E-state index in [0.717, 1.165) is 83.5 Å². The third kappa shape index (κ3) is 39.0. The second kappa shape index (κ2) is 50.7. The van der Waals surface area contributed by atoms with E-state index in [1.807, 2.05) is 6.08 Å². The van der Waals surface area contributed by atoms with Crippen LogP contribution in [0.3, 0.4) is 0 Å². The van der Waals surface area contributed by atoms with Gasteiger partial charge in [-0.15, -0.1) is 0 Å². The first-order valence-electron chi connectivity index (χ1n) is 30.8. The Kier molecular flexibility index (Phi) is 47.8. The Balaban J connectivity index is 2.70. The Morgan fingerprint density at radius 1 is 0.521 bits per heavy atom. The number of esters is 1. The Morgan fingerprint density at radius 3 is 1.34 bits per heavy atom. The Hall–Kier alpha value is -2.12. The van der Waals surface area contributed by atoms with Crippen molar-refractivity contribution < 1.29 is 49.3 Å². The van der Waals surface area contributed by atoms with Crippen LogP contribution in [-0.2, 0) is 23.8 Å². The summed E-state index contributed by atoms with van der Waals surface area (Å²) in [6, 6.07) is -1.02. The van der Waals surface area contributed by atoms with Crippen molar-refractivity contribution in [3.63, 3.8) is 0 Å². The highest BCUT2D eigenvalue weighted by atomic mass is 16.7. The number of carbonyl (C=O) groups is 2. The summed E-state index contributed by atoms with van der Waals surface area (Å²) in [5, 5.41) is 56.9. The van der Waals surface area contributed by atoms with Crippen LogP contribution in [0, 0.1) is 0 Å². The molecule has 73 heavy (non-hydrogen) atoms. The van der Waals surface area contributed by atoms with Gasteiger partial charge in [0.05, 0.1) is 25.4 Å². The fourth-order valence-electron chi connectivity index (χ4n) is 9.58. The van der Waals surface area contributed by atoms with E-state index in [1.165, 1.54) is 154 Å². The molecule has 8 atom stereocenters. The molecule has 0 aromatic rings. The van der Waals surface area contributed by atoms with Crippen molar-refractivity contribution in [1.82, 2.24) is 5.32 Å². The van der Waals surface area contributed by atoms with Gasteiger partial charge in [-0.05, 0) is 77.0 Å². The Bertz CT molecular complexity index is 1330. The van der Waals surface area contributed by atoms with E-state index in [4.69, 9.17) is 14.2 Å². The van der Waals surface area contributed by atoms with Gasteiger partial charge in [0.2, 0.25) is 5.91 Å². The SMILES string of the molecule is CCCCCC/C=C\CCCCCCCCC(O)C(=O)NC(COC1OC(CO)C(O)C(O)C1OC(=O)CCCCCCCCC/C=C/CCCCCCCC)C(O)/C=C/CCCCCCCCCCCCC. The monoisotopic (exact) mass is 1030 g/mol. The molecule has 0 bridgehead atoms. The van der Waals surface area contributed by atoms with Crippen LogP contribution < -0.4 is 5.32 Å². The molecule has 0 aromatic carbocycles. The number of amides is 1. The maximum absolute atomic E-state index is 13.4. The van der Waals surface area contributed by atoms with Gasteiger partial charge in [-0.25, -0.2) is 0 Å². The number of rotatable bonds is 52. The first kappa shape index (κ1) is 68.9. The van der Waals surface area contributed by atoms with Gasteiger partial charge in [-0.1, -0.05) is 237 Å². The number of ether oxygens (including phenoxy) is 3. The van der Waals surface area contributed by atoms with Crippen molar-refractivity contribution in [2.75, 3.05) is 13.2 Å². The molecule has 1 aliphatic heterocycles. The van der Waals surface area contributed by atoms with Crippen molar-refractivity contribution >= 4 is 11.9 Å². The second-order valence-electron chi connectivity index (χ2n) is 21.4. The average molecular weight is 1030 g/mol. The van der Waals surface area contributed by atoms with Gasteiger partial charge in [0.1, 0.15) is 24.4 Å². The standard InChI is InChI=1S/C62H115NO10/c1-4-7-10-13-16-19-22-25-27-28-29-32-35-38-41-44-47-50-57(67)73-60-59(69)58(68)56(51-64)72-62(60)71-52-53(54(65)48-45-42-39-36-33-30-24-21-18-15-12-9-6-3)63-61(70)55(66)49-46-43-40-37-34-31-26-23-20-17-14-11-8-5-2/h20,23,25,27,45,48,53-56,58-60,62,64-66,68-69H,4-19,21-22,24,26,28-44,46-47,49-52H2,1-3H3,(H,63,70)/b23-20-,27-25+,48-45+. The predicted octanol–water partition coefficient (Wildman–Crippen LogP) is 14.3. The molecule has 11 nitrogen and oxygen atoms in total. The molecule has 1 saturated heterocycles. The van der Waals surface area contributed by atoms with Gasteiger partial charge >= 0.3 is 5.97 Å². The molecule has 0 aliphatic carbocycles. The summed E-state index contributed by atoms with van der Waals surface area (Å²) in [6.45, 7) is 5.78. The molecule has 0 radical (unpaired) electrons. The first-order chi connectivity index (χ1) is 35.7. The Labute approximate surface area is 447 Å². The minimum atomic E-state index is -1.61. The summed E-state index contributed by atoms with van der Waals surface area (Å²) < 4.78 is 17.6. The molecule has 0 spiro atoms. The molecule has 8 unspecified atom stereocenters. The first-order valence-corrected chi connectivity index (χ1v) is 30.8. The van der Waals surface area contributed by atoms with Crippen LogP contribution in [0.4, 0.5) is 0 Å². The largest absolute Gasteiger partial charge is 0.454 e. The van der Waals surface area contributed by atoms with Gasteiger partial charge in [0.25, 0.3) is 0 Å². The van der Waals surface area contributed by atoms with Crippen molar-refractivity contribution in [2.24, 2.45) is 0 Å². The number of allylic oxidation sites excluding steroid dienone is 5. The van der Waals surface area contributed by atoms with Crippen LogP contribution in [0.25, 0.3) is 0 Å². The van der Waals surface area contributed by atoms with Gasteiger partial charge in [0, 0.05) is 6.42 Å². The lowest BCUT2D eigenvalue weighted by Gasteiger charge is -2.41. The van der Waals surface area contributed by atoms with E-state index in [0.29, 0.717) is 12.8 Å². The summed E-state index contributed by atoms with van der Waals surface area (Å²) in [4.78, 5) is 26.5. The lowest BCUT2D eigenvalue weighted by Crippen LogP contribution is -2.61. The molecule has 0 saturated carbocycles. The molecular weight excluding hydrogens is 919 g/mol. The molecule has 1 amide bonds. The fourth-order valence-corrected chi connectivity index (χ4v) is 9.58. The van der Waals surface area contributed by atoms with E-state index < -0.39 is 67.4 Å². The number of nitrogens with one attached hydrogen (secondary N) is 1. The second-order valence-corrected chi connectivity index (χ2v) is 21.4. The topological polar surface area (TPSA) is 175 Å². The Morgan fingerprint density at radius 2 is 0.904 bits per heavy atom. The number of carbonyl (C=O) groups excluding carboxylic acids is 2. The zero-order chi connectivity index (χ0) is 53.3. The van der Waals surface area contributed by atoms with Gasteiger partial charge in [-0.3, -0.25) is 9.59 Å². The summed E-state index contributed by atoms with van der Waals surface area (Å²) in [5.74, 6) is -1.20. The number of hydrogen-bond donors (Lipinski definition) is 6. The minimum Gasteiger partial charge on any atom is -0.454 e. The van der Waals surface area contributed by atoms with Crippen LogP contribution >= 0.6 is 0 Å².